The van der Waals surface area contributed by atoms with Gasteiger partial charge in [0.05, 0.1) is 18.2 Å². The van der Waals surface area contributed by atoms with Gasteiger partial charge in [-0.05, 0) is 74.8 Å². The lowest BCUT2D eigenvalue weighted by Gasteiger charge is -2.26. The second-order valence-corrected chi connectivity index (χ2v) is 9.34. The van der Waals surface area contributed by atoms with Crippen molar-refractivity contribution in [2.24, 2.45) is 0 Å². The molecule has 0 radical (unpaired) electrons. The van der Waals surface area contributed by atoms with Crippen molar-refractivity contribution in [3.05, 3.63) is 94.0 Å². The summed E-state index contributed by atoms with van der Waals surface area (Å²) < 4.78 is 5.41. The van der Waals surface area contributed by atoms with E-state index >= 15 is 0 Å². The van der Waals surface area contributed by atoms with E-state index in [2.05, 4.69) is 33.7 Å². The van der Waals surface area contributed by atoms with Crippen molar-refractivity contribution >= 4 is 28.8 Å². The zero-order valence-corrected chi connectivity index (χ0v) is 21.1. The Hall–Kier alpha value is -2.70. The number of ketones is 1. The highest BCUT2D eigenvalue weighted by Crippen LogP contribution is 2.28. The first-order valence-electron chi connectivity index (χ1n) is 12.4. The van der Waals surface area contributed by atoms with Crippen LogP contribution in [-0.4, -0.2) is 56.6 Å². The third kappa shape index (κ3) is 7.15. The van der Waals surface area contributed by atoms with Crippen molar-refractivity contribution < 1.29 is 9.53 Å². The van der Waals surface area contributed by atoms with Gasteiger partial charge in [-0.15, -0.1) is 0 Å². The number of para-hydroxylation sites is 1. The Morgan fingerprint density at radius 3 is 2.54 bits per heavy atom. The molecule has 0 unspecified atom stereocenters. The summed E-state index contributed by atoms with van der Waals surface area (Å²) in [7, 11) is 0. The average molecular weight is 492 g/mol. The van der Waals surface area contributed by atoms with Crippen molar-refractivity contribution in [1.82, 2.24) is 10.2 Å². The van der Waals surface area contributed by atoms with Gasteiger partial charge >= 0.3 is 0 Å². The molecule has 5 nitrogen and oxygen atoms in total. The minimum absolute atomic E-state index is 0.0558. The van der Waals surface area contributed by atoms with Gasteiger partial charge in [-0.25, -0.2) is 0 Å². The smallest absolute Gasteiger partial charge is 0.194 e. The van der Waals surface area contributed by atoms with Crippen LogP contribution in [0.4, 0.5) is 11.4 Å². The summed E-state index contributed by atoms with van der Waals surface area (Å²) in [6.07, 6.45) is 2.07. The predicted molar refractivity (Wildman–Crippen MR) is 144 cm³/mol. The molecule has 1 aliphatic rings. The molecule has 3 aromatic rings. The number of carbonyl (C=O) groups excluding carboxylic acids is 1. The highest BCUT2D eigenvalue weighted by atomic mass is 35.5. The van der Waals surface area contributed by atoms with E-state index in [1.54, 1.807) is 6.07 Å². The molecule has 0 spiro atoms. The molecular weight excluding hydrogens is 458 g/mol. The van der Waals surface area contributed by atoms with Crippen LogP contribution in [0.15, 0.2) is 66.7 Å². The van der Waals surface area contributed by atoms with Crippen LogP contribution < -0.4 is 10.6 Å². The van der Waals surface area contributed by atoms with Crippen molar-refractivity contribution in [3.8, 4) is 0 Å². The zero-order chi connectivity index (χ0) is 24.5. The third-order valence-electron chi connectivity index (χ3n) is 6.40. The SMILES string of the molecule is Cc1ccccc1C(=O)c1ccc(Nc2ccccc2CCNCCCN2CCOCC2)cc1Cl. The molecule has 1 aliphatic heterocycles. The fourth-order valence-electron chi connectivity index (χ4n) is 4.37. The van der Waals surface area contributed by atoms with Gasteiger partial charge in [0.15, 0.2) is 5.78 Å². The minimum Gasteiger partial charge on any atom is -0.379 e. The predicted octanol–water partition coefficient (Wildman–Crippen LogP) is 5.48. The Bertz CT molecular complexity index is 1130. The summed E-state index contributed by atoms with van der Waals surface area (Å²) in [5.41, 5.74) is 5.29. The summed E-state index contributed by atoms with van der Waals surface area (Å²) in [6, 6.07) is 21.4. The molecule has 0 aliphatic carbocycles. The van der Waals surface area contributed by atoms with Crippen LogP contribution in [0.3, 0.4) is 0 Å². The normalized spacial score (nSPS) is 14.1. The molecular formula is C29H34ClN3O2. The summed E-state index contributed by atoms with van der Waals surface area (Å²) in [5, 5.41) is 7.50. The van der Waals surface area contributed by atoms with Crippen LogP contribution in [-0.2, 0) is 11.2 Å². The molecule has 1 saturated heterocycles. The number of hydrogen-bond acceptors (Lipinski definition) is 5. The first-order valence-corrected chi connectivity index (χ1v) is 12.8. The van der Waals surface area contributed by atoms with E-state index in [9.17, 15) is 4.79 Å². The van der Waals surface area contributed by atoms with Crippen molar-refractivity contribution in [1.29, 1.82) is 0 Å². The Kier molecular flexibility index (Phi) is 9.32. The highest BCUT2D eigenvalue weighted by Gasteiger charge is 2.15. The van der Waals surface area contributed by atoms with Gasteiger partial charge in [0.25, 0.3) is 0 Å². The molecule has 0 amide bonds. The Labute approximate surface area is 213 Å². The Morgan fingerprint density at radius 1 is 0.971 bits per heavy atom. The lowest BCUT2D eigenvalue weighted by molar-refractivity contribution is 0.0375. The molecule has 35 heavy (non-hydrogen) atoms. The number of hydrogen-bond donors (Lipinski definition) is 2. The Balaban J connectivity index is 1.31. The fraction of sp³-hybridized carbons (Fsp3) is 0.345. The van der Waals surface area contributed by atoms with Crippen LogP contribution >= 0.6 is 11.6 Å². The number of halogens is 1. The summed E-state index contributed by atoms with van der Waals surface area (Å²) in [6.45, 7) is 8.80. The van der Waals surface area contributed by atoms with Gasteiger partial charge in [-0.1, -0.05) is 54.1 Å². The first-order chi connectivity index (χ1) is 17.1. The maximum Gasteiger partial charge on any atom is 0.194 e. The van der Waals surface area contributed by atoms with Crippen LogP contribution in [0.25, 0.3) is 0 Å². The number of nitrogens with zero attached hydrogens (tertiary/aromatic N) is 1. The number of carbonyl (C=O) groups is 1. The van der Waals surface area contributed by atoms with Crippen molar-refractivity contribution in [2.45, 2.75) is 19.8 Å². The van der Waals surface area contributed by atoms with E-state index in [1.165, 1.54) is 5.56 Å². The number of benzene rings is 3. The molecule has 2 N–H and O–H groups in total. The lowest BCUT2D eigenvalue weighted by atomic mass is 9.99. The molecule has 3 aromatic carbocycles. The molecule has 184 valence electrons. The molecule has 0 saturated carbocycles. The van der Waals surface area contributed by atoms with Gasteiger partial charge in [0.2, 0.25) is 0 Å². The maximum atomic E-state index is 13.0. The first kappa shape index (κ1) is 25.4. The minimum atomic E-state index is -0.0558. The standard InChI is InChI=1S/C29H34ClN3O2/c1-22-7-2-4-9-25(22)29(34)26-12-11-24(21-27(26)30)32-28-10-5-3-8-23(28)13-15-31-14-6-16-33-17-19-35-20-18-33/h2-5,7-12,21,31-32H,6,13-20H2,1H3. The van der Waals surface area contributed by atoms with Gasteiger partial charge in [-0.3, -0.25) is 9.69 Å². The quantitative estimate of drug-likeness (QED) is 0.275. The van der Waals surface area contributed by atoms with Crippen LogP contribution in [0.2, 0.25) is 5.02 Å². The second kappa shape index (κ2) is 12.8. The van der Waals surface area contributed by atoms with E-state index in [0.29, 0.717) is 16.1 Å². The lowest BCUT2D eigenvalue weighted by Crippen LogP contribution is -2.37. The van der Waals surface area contributed by atoms with E-state index in [4.69, 9.17) is 16.3 Å². The van der Waals surface area contributed by atoms with E-state index in [1.807, 2.05) is 49.4 Å². The number of morpholine rings is 1. The van der Waals surface area contributed by atoms with Gasteiger partial charge in [0.1, 0.15) is 0 Å². The van der Waals surface area contributed by atoms with Gasteiger partial charge < -0.3 is 15.4 Å². The van der Waals surface area contributed by atoms with E-state index in [0.717, 1.165) is 75.7 Å². The number of nitrogens with one attached hydrogen (secondary N) is 2. The molecule has 1 fully saturated rings. The van der Waals surface area contributed by atoms with Gasteiger partial charge in [-0.2, -0.15) is 0 Å². The van der Waals surface area contributed by atoms with Crippen molar-refractivity contribution in [3.63, 3.8) is 0 Å². The molecule has 6 heteroatoms. The number of aryl methyl sites for hydroxylation is 1. The fourth-order valence-corrected chi connectivity index (χ4v) is 4.63. The molecule has 0 bridgehead atoms. The van der Waals surface area contributed by atoms with Crippen LogP contribution in [0.1, 0.15) is 33.5 Å². The number of rotatable bonds is 11. The molecule has 1 heterocycles. The van der Waals surface area contributed by atoms with E-state index in [-0.39, 0.29) is 5.78 Å². The second-order valence-electron chi connectivity index (χ2n) is 8.93. The molecule has 4 rings (SSSR count). The average Bonchev–Trinajstić information content (AvgIpc) is 2.88. The molecule has 0 atom stereocenters. The highest BCUT2D eigenvalue weighted by molar-refractivity contribution is 6.35. The Morgan fingerprint density at radius 2 is 1.74 bits per heavy atom. The summed E-state index contributed by atoms with van der Waals surface area (Å²) in [4.78, 5) is 15.4. The monoisotopic (exact) mass is 491 g/mol. The van der Waals surface area contributed by atoms with Crippen molar-refractivity contribution in [2.75, 3.05) is 51.3 Å². The maximum absolute atomic E-state index is 13.0. The van der Waals surface area contributed by atoms with Gasteiger partial charge in [0, 0.05) is 35.6 Å². The summed E-state index contributed by atoms with van der Waals surface area (Å²) in [5.74, 6) is -0.0558. The zero-order valence-electron chi connectivity index (χ0n) is 20.4. The molecule has 0 aromatic heterocycles. The van der Waals surface area contributed by atoms with Crippen LogP contribution in [0.5, 0.6) is 0 Å². The third-order valence-corrected chi connectivity index (χ3v) is 6.72. The van der Waals surface area contributed by atoms with Crippen LogP contribution in [0, 0.1) is 6.92 Å². The number of ether oxygens (including phenoxy) is 1. The topological polar surface area (TPSA) is 53.6 Å². The summed E-state index contributed by atoms with van der Waals surface area (Å²) >= 11 is 6.54. The van der Waals surface area contributed by atoms with E-state index < -0.39 is 0 Å². The number of anilines is 2. The largest absolute Gasteiger partial charge is 0.379 e.